The molecular formula is C15H20O4. The molecule has 1 aromatic rings. The number of esters is 1. The Morgan fingerprint density at radius 1 is 1.53 bits per heavy atom. The fraction of sp³-hybridized carbons (Fsp3) is 0.533. The summed E-state index contributed by atoms with van der Waals surface area (Å²) in [6.45, 7) is 6.13. The van der Waals surface area contributed by atoms with Crippen LogP contribution in [0.5, 0.6) is 5.75 Å². The molecule has 2 rings (SSSR count). The molecule has 0 amide bonds. The first-order chi connectivity index (χ1) is 8.96. The molecule has 0 saturated heterocycles. The highest BCUT2D eigenvalue weighted by Crippen LogP contribution is 2.37. The molecular weight excluding hydrogens is 244 g/mol. The number of fused-ring (bicyclic) bond motifs is 1. The maximum absolute atomic E-state index is 11.9. The second-order valence-corrected chi connectivity index (χ2v) is 5.31. The van der Waals surface area contributed by atoms with Gasteiger partial charge in [-0.25, -0.2) is 0 Å². The van der Waals surface area contributed by atoms with Crippen molar-refractivity contribution in [2.75, 3.05) is 13.2 Å². The summed E-state index contributed by atoms with van der Waals surface area (Å²) in [6.07, 6.45) is -0.0483. The Kier molecular flexibility index (Phi) is 3.80. The summed E-state index contributed by atoms with van der Waals surface area (Å²) >= 11 is 0. The zero-order chi connectivity index (χ0) is 14.0. The largest absolute Gasteiger partial charge is 0.493 e. The van der Waals surface area contributed by atoms with Crippen molar-refractivity contribution in [3.63, 3.8) is 0 Å². The van der Waals surface area contributed by atoms with E-state index in [0.717, 1.165) is 23.3 Å². The zero-order valence-corrected chi connectivity index (χ0v) is 11.6. The fourth-order valence-corrected chi connectivity index (χ4v) is 2.22. The Morgan fingerprint density at radius 2 is 2.26 bits per heavy atom. The van der Waals surface area contributed by atoms with Crippen LogP contribution >= 0.6 is 0 Å². The van der Waals surface area contributed by atoms with Gasteiger partial charge in [0.2, 0.25) is 0 Å². The second-order valence-electron chi connectivity index (χ2n) is 5.31. The maximum Gasteiger partial charge on any atom is 0.314 e. The minimum atomic E-state index is -0.969. The van der Waals surface area contributed by atoms with Crippen LogP contribution < -0.4 is 4.74 Å². The van der Waals surface area contributed by atoms with Gasteiger partial charge >= 0.3 is 5.97 Å². The van der Waals surface area contributed by atoms with E-state index in [1.54, 1.807) is 26.8 Å². The van der Waals surface area contributed by atoms with Gasteiger partial charge in [-0.05, 0) is 44.0 Å². The molecule has 1 N–H and O–H groups in total. The van der Waals surface area contributed by atoms with Crippen molar-refractivity contribution in [1.29, 1.82) is 0 Å². The molecule has 0 bridgehead atoms. The molecule has 0 saturated carbocycles. The van der Waals surface area contributed by atoms with Crippen molar-refractivity contribution in [3.05, 3.63) is 29.3 Å². The summed E-state index contributed by atoms with van der Waals surface area (Å²) in [5.74, 6) is 0.476. The van der Waals surface area contributed by atoms with E-state index in [0.29, 0.717) is 13.2 Å². The van der Waals surface area contributed by atoms with Crippen LogP contribution in [0.2, 0.25) is 0 Å². The minimum Gasteiger partial charge on any atom is -0.493 e. The number of hydrogen-bond acceptors (Lipinski definition) is 4. The van der Waals surface area contributed by atoms with Gasteiger partial charge in [-0.3, -0.25) is 4.79 Å². The van der Waals surface area contributed by atoms with E-state index in [9.17, 15) is 9.90 Å². The summed E-state index contributed by atoms with van der Waals surface area (Å²) in [4.78, 5) is 11.9. The van der Waals surface area contributed by atoms with Crippen LogP contribution in [0.25, 0.3) is 0 Å². The quantitative estimate of drug-likeness (QED) is 0.847. The molecule has 1 unspecified atom stereocenters. The number of benzene rings is 1. The van der Waals surface area contributed by atoms with E-state index in [1.807, 2.05) is 12.1 Å². The molecule has 4 heteroatoms. The molecule has 0 aromatic heterocycles. The Morgan fingerprint density at radius 3 is 2.95 bits per heavy atom. The molecule has 104 valence electrons. The lowest BCUT2D eigenvalue weighted by Gasteiger charge is -2.28. The molecule has 19 heavy (non-hydrogen) atoms. The van der Waals surface area contributed by atoms with Crippen LogP contribution in [-0.4, -0.2) is 24.3 Å². The van der Waals surface area contributed by atoms with Gasteiger partial charge in [0.05, 0.1) is 24.7 Å². The molecule has 0 aliphatic carbocycles. The molecule has 1 aromatic carbocycles. The first kappa shape index (κ1) is 13.9. The van der Waals surface area contributed by atoms with E-state index in [-0.39, 0.29) is 5.97 Å². The topological polar surface area (TPSA) is 55.8 Å². The van der Waals surface area contributed by atoms with Crippen molar-refractivity contribution in [3.8, 4) is 5.75 Å². The maximum atomic E-state index is 11.9. The highest BCUT2D eigenvalue weighted by molar-refractivity contribution is 5.77. The Bertz CT molecular complexity index is 479. The molecule has 0 spiro atoms. The van der Waals surface area contributed by atoms with Gasteiger partial charge in [0.25, 0.3) is 0 Å². The summed E-state index contributed by atoms with van der Waals surface area (Å²) in [5, 5.41) is 10.4. The third-order valence-electron chi connectivity index (χ3n) is 3.51. The predicted molar refractivity (Wildman–Crippen MR) is 71.0 cm³/mol. The van der Waals surface area contributed by atoms with Gasteiger partial charge in [0, 0.05) is 6.42 Å². The predicted octanol–water partition coefficient (Wildman–Crippen LogP) is 2.24. The Hall–Kier alpha value is -1.55. The van der Waals surface area contributed by atoms with E-state index in [4.69, 9.17) is 9.47 Å². The third-order valence-corrected chi connectivity index (χ3v) is 3.51. The van der Waals surface area contributed by atoms with Crippen molar-refractivity contribution < 1.29 is 19.4 Å². The zero-order valence-electron chi connectivity index (χ0n) is 11.6. The lowest BCUT2D eigenvalue weighted by Crippen LogP contribution is -2.33. The van der Waals surface area contributed by atoms with Crippen molar-refractivity contribution in [2.24, 2.45) is 5.41 Å². The smallest absolute Gasteiger partial charge is 0.314 e. The highest BCUT2D eigenvalue weighted by atomic mass is 16.5. The summed E-state index contributed by atoms with van der Waals surface area (Å²) in [6, 6.07) is 5.56. The molecule has 0 radical (unpaired) electrons. The molecule has 4 nitrogen and oxygen atoms in total. The third kappa shape index (κ3) is 2.59. The number of aliphatic hydroxyl groups is 1. The van der Waals surface area contributed by atoms with Crippen molar-refractivity contribution in [1.82, 2.24) is 0 Å². The number of rotatable bonds is 4. The fourth-order valence-electron chi connectivity index (χ4n) is 2.22. The Labute approximate surface area is 113 Å². The van der Waals surface area contributed by atoms with Crippen molar-refractivity contribution in [2.45, 2.75) is 33.3 Å². The number of ether oxygens (including phenoxy) is 2. The van der Waals surface area contributed by atoms with E-state index < -0.39 is 11.5 Å². The molecule has 0 fully saturated rings. The average molecular weight is 264 g/mol. The van der Waals surface area contributed by atoms with Gasteiger partial charge in [0.1, 0.15) is 5.75 Å². The van der Waals surface area contributed by atoms with Crippen LogP contribution in [0, 0.1) is 5.41 Å². The number of hydrogen-bond donors (Lipinski definition) is 1. The SMILES string of the molecule is CCOC(=O)C(C)(C)C(O)c1ccc2c(c1)CCO2. The molecule has 1 aliphatic heterocycles. The summed E-state index contributed by atoms with van der Waals surface area (Å²) in [7, 11) is 0. The van der Waals surface area contributed by atoms with Crippen LogP contribution in [0.4, 0.5) is 0 Å². The normalized spacial score (nSPS) is 15.6. The first-order valence-electron chi connectivity index (χ1n) is 6.57. The molecule has 1 atom stereocenters. The van der Waals surface area contributed by atoms with E-state index in [1.165, 1.54) is 0 Å². The van der Waals surface area contributed by atoms with Crippen LogP contribution in [0.3, 0.4) is 0 Å². The molecule has 1 heterocycles. The van der Waals surface area contributed by atoms with Crippen LogP contribution in [0.1, 0.15) is 38.0 Å². The minimum absolute atomic E-state index is 0.313. The Balaban J connectivity index is 2.23. The standard InChI is InChI=1S/C15H20O4/c1-4-18-14(17)15(2,3)13(16)11-5-6-12-10(9-11)7-8-19-12/h5-6,9,13,16H,4,7-8H2,1-3H3. The van der Waals surface area contributed by atoms with Gasteiger partial charge in [-0.2, -0.15) is 0 Å². The number of carbonyl (C=O) groups is 1. The molecule has 1 aliphatic rings. The van der Waals surface area contributed by atoms with Crippen LogP contribution in [0.15, 0.2) is 18.2 Å². The van der Waals surface area contributed by atoms with Gasteiger partial charge in [0.15, 0.2) is 0 Å². The highest BCUT2D eigenvalue weighted by Gasteiger charge is 2.38. The van der Waals surface area contributed by atoms with Gasteiger partial charge in [-0.15, -0.1) is 0 Å². The summed E-state index contributed by atoms with van der Waals surface area (Å²) < 4.78 is 10.4. The van der Waals surface area contributed by atoms with Crippen LogP contribution in [-0.2, 0) is 16.0 Å². The lowest BCUT2D eigenvalue weighted by molar-refractivity contribution is -0.160. The lowest BCUT2D eigenvalue weighted by atomic mass is 9.82. The summed E-state index contributed by atoms with van der Waals surface area (Å²) in [5.41, 5.74) is 0.836. The average Bonchev–Trinajstić information content (AvgIpc) is 2.85. The van der Waals surface area contributed by atoms with Gasteiger partial charge < -0.3 is 14.6 Å². The number of carbonyl (C=O) groups excluding carboxylic acids is 1. The number of aliphatic hydroxyl groups excluding tert-OH is 1. The van der Waals surface area contributed by atoms with E-state index in [2.05, 4.69) is 0 Å². The van der Waals surface area contributed by atoms with Gasteiger partial charge in [-0.1, -0.05) is 6.07 Å². The monoisotopic (exact) mass is 264 g/mol. The first-order valence-corrected chi connectivity index (χ1v) is 6.57. The second kappa shape index (κ2) is 5.21. The van der Waals surface area contributed by atoms with Crippen molar-refractivity contribution >= 4 is 5.97 Å². The van der Waals surface area contributed by atoms with E-state index >= 15 is 0 Å².